The SMILES string of the molecule is CC(C)(C)COC(=O)c1ccc2c(B3OC(C)(C)C(C)(C)O3)cn(C(=O)O)c2c1. The Morgan fingerprint density at radius 1 is 1.14 bits per heavy atom. The summed E-state index contributed by atoms with van der Waals surface area (Å²) in [5.41, 5.74) is 0.0223. The standard InChI is InChI=1S/C21H28BNO6/c1-19(2,3)12-27-17(24)13-8-9-14-15(11-23(18(25)26)16(14)10-13)22-28-20(4,5)21(6,7)29-22/h8-11H,12H2,1-7H3,(H,25,26). The van der Waals surface area contributed by atoms with Crippen LogP contribution in [0.5, 0.6) is 0 Å². The average molecular weight is 401 g/mol. The number of fused-ring (bicyclic) bond motifs is 1. The van der Waals surface area contributed by atoms with Gasteiger partial charge in [-0.25, -0.2) is 9.59 Å². The molecule has 1 aromatic heterocycles. The van der Waals surface area contributed by atoms with E-state index in [9.17, 15) is 14.7 Å². The molecule has 0 aliphatic carbocycles. The van der Waals surface area contributed by atoms with Crippen LogP contribution in [0, 0.1) is 5.41 Å². The van der Waals surface area contributed by atoms with Crippen molar-refractivity contribution in [1.29, 1.82) is 0 Å². The Morgan fingerprint density at radius 3 is 2.24 bits per heavy atom. The zero-order chi connectivity index (χ0) is 21.8. The van der Waals surface area contributed by atoms with Crippen LogP contribution in [-0.2, 0) is 14.0 Å². The Labute approximate surface area is 171 Å². The molecule has 1 aliphatic rings. The largest absolute Gasteiger partial charge is 0.497 e. The van der Waals surface area contributed by atoms with Crippen molar-refractivity contribution in [1.82, 2.24) is 4.57 Å². The fourth-order valence-corrected chi connectivity index (χ4v) is 3.06. The Morgan fingerprint density at radius 2 is 1.72 bits per heavy atom. The van der Waals surface area contributed by atoms with Crippen molar-refractivity contribution >= 4 is 35.5 Å². The van der Waals surface area contributed by atoms with Gasteiger partial charge in [-0.2, -0.15) is 0 Å². The number of rotatable bonds is 3. The van der Waals surface area contributed by atoms with Gasteiger partial charge in [-0.05, 0) is 45.2 Å². The van der Waals surface area contributed by atoms with Crippen molar-refractivity contribution in [3.05, 3.63) is 30.0 Å². The molecule has 3 rings (SSSR count). The molecule has 0 spiro atoms. The predicted octanol–water partition coefficient (Wildman–Crippen LogP) is 3.67. The quantitative estimate of drug-likeness (QED) is 0.624. The highest BCUT2D eigenvalue weighted by atomic mass is 16.7. The van der Waals surface area contributed by atoms with Gasteiger partial charge in [0.05, 0.1) is 28.9 Å². The van der Waals surface area contributed by atoms with Gasteiger partial charge in [-0.15, -0.1) is 0 Å². The summed E-state index contributed by atoms with van der Waals surface area (Å²) >= 11 is 0. The molecular formula is C21H28BNO6. The molecule has 156 valence electrons. The molecule has 2 aromatic rings. The molecule has 8 heteroatoms. The van der Waals surface area contributed by atoms with Crippen LogP contribution in [0.1, 0.15) is 58.8 Å². The van der Waals surface area contributed by atoms with Gasteiger partial charge in [-0.1, -0.05) is 26.8 Å². The van der Waals surface area contributed by atoms with Crippen LogP contribution < -0.4 is 5.46 Å². The zero-order valence-corrected chi connectivity index (χ0v) is 18.0. The van der Waals surface area contributed by atoms with E-state index >= 15 is 0 Å². The number of carbonyl (C=O) groups excluding carboxylic acids is 1. The molecule has 1 saturated heterocycles. The lowest BCUT2D eigenvalue weighted by atomic mass is 9.79. The second-order valence-electron chi connectivity index (χ2n) is 9.69. The molecule has 0 radical (unpaired) electrons. The molecular weight excluding hydrogens is 373 g/mol. The number of carbonyl (C=O) groups is 2. The minimum absolute atomic E-state index is 0.162. The van der Waals surface area contributed by atoms with Gasteiger partial charge < -0.3 is 19.2 Å². The number of ether oxygens (including phenoxy) is 1. The highest BCUT2D eigenvalue weighted by Crippen LogP contribution is 2.37. The van der Waals surface area contributed by atoms with Gasteiger partial charge in [0.2, 0.25) is 0 Å². The van der Waals surface area contributed by atoms with Crippen LogP contribution in [0.3, 0.4) is 0 Å². The third-order valence-corrected chi connectivity index (χ3v) is 5.42. The highest BCUT2D eigenvalue weighted by molar-refractivity contribution is 6.65. The summed E-state index contributed by atoms with van der Waals surface area (Å²) < 4.78 is 18.6. The number of hydrogen-bond donors (Lipinski definition) is 1. The predicted molar refractivity (Wildman–Crippen MR) is 111 cm³/mol. The maximum Gasteiger partial charge on any atom is 0.497 e. The van der Waals surface area contributed by atoms with Crippen LogP contribution in [0.4, 0.5) is 4.79 Å². The summed E-state index contributed by atoms with van der Waals surface area (Å²) in [7, 11) is -0.707. The molecule has 29 heavy (non-hydrogen) atoms. The zero-order valence-electron chi connectivity index (χ0n) is 18.0. The summed E-state index contributed by atoms with van der Waals surface area (Å²) in [6, 6.07) is 4.88. The van der Waals surface area contributed by atoms with E-state index in [0.29, 0.717) is 21.9 Å². The molecule has 0 unspecified atom stereocenters. The molecule has 1 N–H and O–H groups in total. The summed E-state index contributed by atoms with van der Waals surface area (Å²) in [5, 5.41) is 10.3. The maximum atomic E-state index is 12.4. The van der Waals surface area contributed by atoms with E-state index in [1.807, 2.05) is 48.5 Å². The topological polar surface area (TPSA) is 87.0 Å². The number of benzene rings is 1. The van der Waals surface area contributed by atoms with E-state index in [1.54, 1.807) is 12.1 Å². The normalized spacial score (nSPS) is 18.2. The van der Waals surface area contributed by atoms with Gasteiger partial charge in [0.1, 0.15) is 0 Å². The Balaban J connectivity index is 2.00. The van der Waals surface area contributed by atoms with Crippen molar-refractivity contribution < 1.29 is 28.7 Å². The molecule has 1 aromatic carbocycles. The fraction of sp³-hybridized carbons (Fsp3) is 0.524. The first-order valence-electron chi connectivity index (χ1n) is 9.63. The second-order valence-corrected chi connectivity index (χ2v) is 9.69. The van der Waals surface area contributed by atoms with E-state index < -0.39 is 30.4 Å². The number of hydrogen-bond acceptors (Lipinski definition) is 5. The smallest absolute Gasteiger partial charge is 0.464 e. The first-order valence-corrected chi connectivity index (χ1v) is 9.63. The van der Waals surface area contributed by atoms with Crippen molar-refractivity contribution in [2.45, 2.75) is 59.7 Å². The minimum atomic E-state index is -1.15. The molecule has 0 amide bonds. The van der Waals surface area contributed by atoms with Crippen LogP contribution in [0.2, 0.25) is 0 Å². The minimum Gasteiger partial charge on any atom is -0.464 e. The van der Waals surface area contributed by atoms with E-state index in [0.717, 1.165) is 4.57 Å². The number of esters is 1. The summed E-state index contributed by atoms with van der Waals surface area (Å²) in [5.74, 6) is -0.489. The fourth-order valence-electron chi connectivity index (χ4n) is 3.06. The van der Waals surface area contributed by atoms with Crippen LogP contribution in [-0.4, -0.2) is 46.7 Å². The summed E-state index contributed by atoms with van der Waals surface area (Å²) in [6.07, 6.45) is 0.331. The van der Waals surface area contributed by atoms with Gasteiger partial charge in [-0.3, -0.25) is 4.57 Å². The Kier molecular flexibility index (Phi) is 5.08. The molecule has 0 bridgehead atoms. The van der Waals surface area contributed by atoms with Crippen LogP contribution in [0.15, 0.2) is 24.4 Å². The Hall–Kier alpha value is -2.32. The van der Waals surface area contributed by atoms with Gasteiger partial charge in [0, 0.05) is 17.0 Å². The van der Waals surface area contributed by atoms with E-state index in [-0.39, 0.29) is 12.0 Å². The number of carboxylic acid groups (broad SMARTS) is 1. The third-order valence-electron chi connectivity index (χ3n) is 5.42. The molecule has 1 aliphatic heterocycles. The van der Waals surface area contributed by atoms with E-state index in [2.05, 4.69) is 0 Å². The molecule has 2 heterocycles. The lowest BCUT2D eigenvalue weighted by molar-refractivity contribution is 0.00578. The molecule has 0 atom stereocenters. The second kappa shape index (κ2) is 6.88. The number of nitrogens with zero attached hydrogens (tertiary/aromatic N) is 1. The van der Waals surface area contributed by atoms with Gasteiger partial charge in [0.15, 0.2) is 0 Å². The van der Waals surface area contributed by atoms with Crippen molar-refractivity contribution in [2.24, 2.45) is 5.41 Å². The van der Waals surface area contributed by atoms with Gasteiger partial charge in [0.25, 0.3) is 0 Å². The molecule has 1 fully saturated rings. The average Bonchev–Trinajstić information content (AvgIpc) is 3.06. The van der Waals surface area contributed by atoms with Crippen LogP contribution in [0.25, 0.3) is 10.9 Å². The summed E-state index contributed by atoms with van der Waals surface area (Å²) in [4.78, 5) is 24.2. The van der Waals surface area contributed by atoms with Gasteiger partial charge >= 0.3 is 19.2 Å². The molecule has 7 nitrogen and oxygen atoms in total. The van der Waals surface area contributed by atoms with Crippen LogP contribution >= 0.6 is 0 Å². The molecule has 0 saturated carbocycles. The van der Waals surface area contributed by atoms with Crippen molar-refractivity contribution in [3.63, 3.8) is 0 Å². The van der Waals surface area contributed by atoms with E-state index in [4.69, 9.17) is 14.0 Å². The highest BCUT2D eigenvalue weighted by Gasteiger charge is 2.52. The van der Waals surface area contributed by atoms with E-state index in [1.165, 1.54) is 12.3 Å². The van der Waals surface area contributed by atoms with Crippen molar-refractivity contribution in [3.8, 4) is 0 Å². The lowest BCUT2D eigenvalue weighted by Crippen LogP contribution is -2.41. The van der Waals surface area contributed by atoms with Crippen molar-refractivity contribution in [2.75, 3.05) is 6.61 Å². The Bertz CT molecular complexity index is 953. The maximum absolute atomic E-state index is 12.4. The lowest BCUT2D eigenvalue weighted by Gasteiger charge is -2.32. The monoisotopic (exact) mass is 401 g/mol. The third kappa shape index (κ3) is 4.04. The first-order chi connectivity index (χ1) is 13.2. The first kappa shape index (κ1) is 21.4. The number of aromatic nitrogens is 1. The summed E-state index contributed by atoms with van der Waals surface area (Å²) in [6.45, 7) is 13.9.